The summed E-state index contributed by atoms with van der Waals surface area (Å²) >= 11 is 0. The van der Waals surface area contributed by atoms with Gasteiger partial charge >= 0.3 is 5.97 Å². The van der Waals surface area contributed by atoms with Crippen LogP contribution < -0.4 is 0 Å². The van der Waals surface area contributed by atoms with E-state index in [2.05, 4.69) is 0 Å². The summed E-state index contributed by atoms with van der Waals surface area (Å²) in [6.07, 6.45) is 6.59. The molecule has 2 rings (SSSR count). The van der Waals surface area contributed by atoms with E-state index in [0.29, 0.717) is 5.92 Å². The second-order valence-corrected chi connectivity index (χ2v) is 4.36. The molecule has 1 atom stereocenters. The van der Waals surface area contributed by atoms with Crippen molar-refractivity contribution in [3.63, 3.8) is 0 Å². The van der Waals surface area contributed by atoms with Crippen LogP contribution in [0.3, 0.4) is 0 Å². The van der Waals surface area contributed by atoms with Crippen LogP contribution in [0.4, 0.5) is 0 Å². The van der Waals surface area contributed by atoms with Crippen LogP contribution in [0.5, 0.6) is 0 Å². The van der Waals surface area contributed by atoms with E-state index in [1.54, 1.807) is 0 Å². The van der Waals surface area contributed by atoms with E-state index in [1.165, 1.54) is 32.1 Å². The zero-order valence-electron chi connectivity index (χ0n) is 8.33. The Morgan fingerprint density at radius 3 is 2.43 bits per heavy atom. The Balaban J connectivity index is 1.84. The molecule has 0 aromatic rings. The molecule has 0 spiro atoms. The van der Waals surface area contributed by atoms with Gasteiger partial charge in [-0.1, -0.05) is 32.1 Å². The number of carbonyl (C=O) groups excluding carboxylic acids is 2. The number of esters is 1. The first-order chi connectivity index (χ1) is 6.75. The number of Topliss-reactive ketones (excluding diaryl/α,β-unsaturated/α-hetero) is 1. The highest BCUT2D eigenvalue weighted by atomic mass is 16.6. The van der Waals surface area contributed by atoms with Crippen LogP contribution in [-0.2, 0) is 14.3 Å². The first-order valence-corrected chi connectivity index (χ1v) is 5.48. The van der Waals surface area contributed by atoms with Crippen LogP contribution in [0.1, 0.15) is 44.9 Å². The van der Waals surface area contributed by atoms with Crippen LogP contribution in [-0.4, -0.2) is 17.9 Å². The fourth-order valence-electron chi connectivity index (χ4n) is 2.43. The molecule has 1 saturated carbocycles. The smallest absolute Gasteiger partial charge is 0.314 e. The summed E-state index contributed by atoms with van der Waals surface area (Å²) in [6.45, 7) is 0. The van der Waals surface area contributed by atoms with Crippen molar-refractivity contribution in [1.82, 2.24) is 0 Å². The second kappa shape index (κ2) is 4.11. The molecule has 1 aliphatic heterocycles. The van der Waals surface area contributed by atoms with E-state index in [1.807, 2.05) is 0 Å². The molecular formula is C11H16O3. The molecular weight excluding hydrogens is 180 g/mol. The van der Waals surface area contributed by atoms with Gasteiger partial charge in [-0.2, -0.15) is 0 Å². The second-order valence-electron chi connectivity index (χ2n) is 4.36. The molecule has 2 fully saturated rings. The molecule has 1 saturated heterocycles. The van der Waals surface area contributed by atoms with Gasteiger partial charge in [-0.05, 0) is 12.3 Å². The van der Waals surface area contributed by atoms with Gasteiger partial charge in [0.1, 0.15) is 6.42 Å². The standard InChI is InChI=1S/C11H16O3/c12-9-7-11(13)14-10(9)6-8-4-2-1-3-5-8/h8,10H,1-7H2. The van der Waals surface area contributed by atoms with E-state index < -0.39 is 6.10 Å². The third-order valence-electron chi connectivity index (χ3n) is 3.22. The van der Waals surface area contributed by atoms with Gasteiger partial charge in [0.2, 0.25) is 0 Å². The van der Waals surface area contributed by atoms with Crippen LogP contribution in [0.2, 0.25) is 0 Å². The number of ketones is 1. The van der Waals surface area contributed by atoms with Crippen LogP contribution in [0.15, 0.2) is 0 Å². The molecule has 1 aliphatic carbocycles. The zero-order valence-corrected chi connectivity index (χ0v) is 8.33. The maximum atomic E-state index is 11.3. The van der Waals surface area contributed by atoms with Crippen molar-refractivity contribution in [1.29, 1.82) is 0 Å². The lowest BCUT2D eigenvalue weighted by Crippen LogP contribution is -2.21. The number of hydrogen-bond acceptors (Lipinski definition) is 3. The third kappa shape index (κ3) is 2.14. The van der Waals surface area contributed by atoms with E-state index in [4.69, 9.17) is 4.74 Å². The van der Waals surface area contributed by atoms with Crippen LogP contribution in [0, 0.1) is 5.92 Å². The molecule has 0 aromatic carbocycles. The number of hydrogen-bond donors (Lipinski definition) is 0. The average molecular weight is 196 g/mol. The van der Waals surface area contributed by atoms with Gasteiger partial charge in [-0.3, -0.25) is 9.59 Å². The summed E-state index contributed by atoms with van der Waals surface area (Å²) in [7, 11) is 0. The topological polar surface area (TPSA) is 43.4 Å². The minimum atomic E-state index is -0.411. The summed E-state index contributed by atoms with van der Waals surface area (Å²) < 4.78 is 4.99. The van der Waals surface area contributed by atoms with Gasteiger partial charge in [0, 0.05) is 0 Å². The van der Waals surface area contributed by atoms with E-state index in [9.17, 15) is 9.59 Å². The number of rotatable bonds is 2. The molecule has 0 amide bonds. The first kappa shape index (κ1) is 9.69. The van der Waals surface area contributed by atoms with Gasteiger partial charge in [-0.25, -0.2) is 0 Å². The monoisotopic (exact) mass is 196 g/mol. The van der Waals surface area contributed by atoms with E-state index in [0.717, 1.165) is 6.42 Å². The Labute approximate surface area is 83.8 Å². The van der Waals surface area contributed by atoms with Crippen molar-refractivity contribution in [3.8, 4) is 0 Å². The van der Waals surface area contributed by atoms with Crippen molar-refractivity contribution in [2.75, 3.05) is 0 Å². The predicted molar refractivity (Wildman–Crippen MR) is 50.7 cm³/mol. The molecule has 0 bridgehead atoms. The van der Waals surface area contributed by atoms with Crippen LogP contribution in [0.25, 0.3) is 0 Å². The summed E-state index contributed by atoms with van der Waals surface area (Å²) in [4.78, 5) is 22.2. The molecule has 3 heteroatoms. The molecule has 0 radical (unpaired) electrons. The summed E-state index contributed by atoms with van der Waals surface area (Å²) in [5.41, 5.74) is 0. The quantitative estimate of drug-likeness (QED) is 0.500. The van der Waals surface area contributed by atoms with Crippen molar-refractivity contribution < 1.29 is 14.3 Å². The maximum absolute atomic E-state index is 11.3. The minimum absolute atomic E-state index is 0.00259. The van der Waals surface area contributed by atoms with Gasteiger partial charge < -0.3 is 4.74 Å². The molecule has 14 heavy (non-hydrogen) atoms. The SMILES string of the molecule is O=C1CC(=O)C(CC2CCCCC2)O1. The van der Waals surface area contributed by atoms with Crippen molar-refractivity contribution in [3.05, 3.63) is 0 Å². The van der Waals surface area contributed by atoms with Crippen LogP contribution >= 0.6 is 0 Å². The van der Waals surface area contributed by atoms with Gasteiger partial charge in [0.25, 0.3) is 0 Å². The van der Waals surface area contributed by atoms with E-state index >= 15 is 0 Å². The lowest BCUT2D eigenvalue weighted by Gasteiger charge is -2.22. The first-order valence-electron chi connectivity index (χ1n) is 5.48. The summed E-state index contributed by atoms with van der Waals surface area (Å²) in [5, 5.41) is 0. The Bertz CT molecular complexity index is 241. The van der Waals surface area contributed by atoms with E-state index in [-0.39, 0.29) is 18.2 Å². The molecule has 0 aromatic heterocycles. The molecule has 2 aliphatic rings. The molecule has 78 valence electrons. The Kier molecular flexibility index (Phi) is 2.85. The number of ether oxygens (including phenoxy) is 1. The molecule has 1 heterocycles. The normalized spacial score (nSPS) is 29.3. The lowest BCUT2D eigenvalue weighted by molar-refractivity contribution is -0.143. The number of cyclic esters (lactones) is 1. The molecule has 3 nitrogen and oxygen atoms in total. The van der Waals surface area contributed by atoms with Gasteiger partial charge in [0.15, 0.2) is 11.9 Å². The van der Waals surface area contributed by atoms with Gasteiger partial charge in [0.05, 0.1) is 0 Å². The average Bonchev–Trinajstić information content (AvgIpc) is 2.47. The summed E-state index contributed by atoms with van der Waals surface area (Å²) in [6, 6.07) is 0. The number of carbonyl (C=O) groups is 2. The van der Waals surface area contributed by atoms with Gasteiger partial charge in [-0.15, -0.1) is 0 Å². The highest BCUT2D eigenvalue weighted by molar-refractivity contribution is 6.03. The third-order valence-corrected chi connectivity index (χ3v) is 3.22. The van der Waals surface area contributed by atoms with Crippen molar-refractivity contribution in [2.45, 2.75) is 51.0 Å². The van der Waals surface area contributed by atoms with Crippen molar-refractivity contribution in [2.24, 2.45) is 5.92 Å². The van der Waals surface area contributed by atoms with Crippen molar-refractivity contribution >= 4 is 11.8 Å². The summed E-state index contributed by atoms with van der Waals surface area (Å²) in [5.74, 6) is 0.250. The Morgan fingerprint density at radius 2 is 1.86 bits per heavy atom. The fourth-order valence-corrected chi connectivity index (χ4v) is 2.43. The lowest BCUT2D eigenvalue weighted by atomic mass is 9.85. The highest BCUT2D eigenvalue weighted by Gasteiger charge is 2.34. The fraction of sp³-hybridized carbons (Fsp3) is 0.818. The molecule has 0 N–H and O–H groups in total. The highest BCUT2D eigenvalue weighted by Crippen LogP contribution is 2.29. The Hall–Kier alpha value is -0.860. The zero-order chi connectivity index (χ0) is 9.97. The predicted octanol–water partition coefficient (Wildman–Crippen LogP) is 1.84. The maximum Gasteiger partial charge on any atom is 0.314 e. The molecule has 1 unspecified atom stereocenters. The largest absolute Gasteiger partial charge is 0.454 e. The Morgan fingerprint density at radius 1 is 1.14 bits per heavy atom. The minimum Gasteiger partial charge on any atom is -0.454 e.